The molecule has 0 saturated carbocycles. The molecular formula is C35H52O6. The second-order valence-electron chi connectivity index (χ2n) is 15.3. The van der Waals surface area contributed by atoms with E-state index >= 15 is 0 Å². The van der Waals surface area contributed by atoms with E-state index in [1.54, 1.807) is 0 Å². The Morgan fingerprint density at radius 3 is 1.00 bits per heavy atom. The van der Waals surface area contributed by atoms with Gasteiger partial charge < -0.3 is 19.7 Å². The predicted octanol–water partition coefficient (Wildman–Crippen LogP) is 6.43. The summed E-state index contributed by atoms with van der Waals surface area (Å²) in [4.78, 5) is 25.0. The van der Waals surface area contributed by atoms with Crippen LogP contribution in [0.4, 0.5) is 0 Å². The molecule has 0 saturated heterocycles. The molecule has 2 atom stereocenters. The van der Waals surface area contributed by atoms with Gasteiger partial charge in [-0.3, -0.25) is 0 Å². The Kier molecular flexibility index (Phi) is 10.7. The third kappa shape index (κ3) is 10.3. The van der Waals surface area contributed by atoms with E-state index in [2.05, 4.69) is 95.2 Å². The lowest BCUT2D eigenvalue weighted by atomic mass is 9.79. The van der Waals surface area contributed by atoms with Crippen molar-refractivity contribution in [1.29, 1.82) is 0 Å². The fraction of sp³-hybridized carbons (Fsp3) is 0.600. The number of carbonyl (C=O) groups excluding carboxylic acids is 2. The van der Waals surface area contributed by atoms with Crippen molar-refractivity contribution in [2.24, 2.45) is 0 Å². The van der Waals surface area contributed by atoms with E-state index in [9.17, 15) is 19.8 Å². The molecule has 0 aromatic heterocycles. The summed E-state index contributed by atoms with van der Waals surface area (Å²) in [5.74, 6) is -1.78. The summed E-state index contributed by atoms with van der Waals surface area (Å²) in [5.41, 5.74) is 5.72. The van der Waals surface area contributed by atoms with E-state index in [1.807, 2.05) is 24.3 Å². The highest BCUT2D eigenvalue weighted by Gasteiger charge is 2.26. The van der Waals surface area contributed by atoms with Gasteiger partial charge in [0.2, 0.25) is 6.79 Å². The highest BCUT2D eigenvalue weighted by Crippen LogP contribution is 2.32. The third-order valence-corrected chi connectivity index (χ3v) is 7.25. The zero-order chi connectivity index (χ0) is 31.6. The van der Waals surface area contributed by atoms with E-state index in [0.717, 1.165) is 33.4 Å². The van der Waals surface area contributed by atoms with E-state index in [4.69, 9.17) is 9.47 Å². The van der Waals surface area contributed by atoms with Gasteiger partial charge in [-0.1, -0.05) is 119 Å². The van der Waals surface area contributed by atoms with Crippen molar-refractivity contribution < 1.29 is 29.3 Å². The zero-order valence-electron chi connectivity index (χ0n) is 27.3. The summed E-state index contributed by atoms with van der Waals surface area (Å²) in [6.45, 7) is 24.8. The monoisotopic (exact) mass is 568 g/mol. The molecule has 2 aromatic carbocycles. The summed E-state index contributed by atoms with van der Waals surface area (Å²) in [6.07, 6.45) is -2.69. The minimum absolute atomic E-state index is 0.0721. The molecule has 0 aliphatic rings. The fourth-order valence-electron chi connectivity index (χ4n) is 4.30. The summed E-state index contributed by atoms with van der Waals surface area (Å²) >= 11 is 0. The average Bonchev–Trinajstić information content (AvgIpc) is 2.81. The molecule has 0 aliphatic carbocycles. The molecule has 2 N–H and O–H groups in total. The van der Waals surface area contributed by atoms with Crippen molar-refractivity contribution in [2.75, 3.05) is 6.79 Å². The Morgan fingerprint density at radius 1 is 0.537 bits per heavy atom. The minimum Gasteiger partial charge on any atom is -0.426 e. The highest BCUT2D eigenvalue weighted by molar-refractivity contribution is 5.76. The van der Waals surface area contributed by atoms with Gasteiger partial charge in [0.1, 0.15) is 0 Å². The second-order valence-corrected chi connectivity index (χ2v) is 15.3. The maximum absolute atomic E-state index is 12.5. The van der Waals surface area contributed by atoms with Crippen molar-refractivity contribution >= 4 is 11.9 Å². The van der Waals surface area contributed by atoms with Crippen LogP contribution in [0.15, 0.2) is 36.4 Å². The van der Waals surface area contributed by atoms with Gasteiger partial charge in [-0.2, -0.15) is 0 Å². The lowest BCUT2D eigenvalue weighted by molar-refractivity contribution is -0.178. The van der Waals surface area contributed by atoms with Crippen LogP contribution in [0.2, 0.25) is 0 Å². The van der Waals surface area contributed by atoms with E-state index < -0.39 is 30.9 Å². The molecule has 0 fully saturated rings. The van der Waals surface area contributed by atoms with Gasteiger partial charge in [-0.15, -0.1) is 0 Å². The smallest absolute Gasteiger partial charge is 0.338 e. The third-order valence-electron chi connectivity index (χ3n) is 7.25. The molecule has 0 spiro atoms. The van der Waals surface area contributed by atoms with Gasteiger partial charge in [-0.25, -0.2) is 9.59 Å². The van der Waals surface area contributed by atoms with Crippen molar-refractivity contribution in [3.05, 3.63) is 69.8 Å². The van der Waals surface area contributed by atoms with Crippen LogP contribution in [0, 0.1) is 0 Å². The number of hydrogen-bond acceptors (Lipinski definition) is 6. The zero-order valence-corrected chi connectivity index (χ0v) is 27.3. The minimum atomic E-state index is -1.42. The van der Waals surface area contributed by atoms with Crippen molar-refractivity contribution in [2.45, 2.75) is 130 Å². The number of rotatable bonds is 8. The Bertz CT molecular complexity index is 1060. The standard InChI is InChI=1S/C35H52O6/c1-32(2,3)24-13-22(14-25(19-24)33(4,5)6)17-28(36)30(38)40-21-41-31(39)29(37)18-23-15-26(34(7,8)9)20-27(16-23)35(10,11)12/h13-16,19-20,28-29,36-37H,17-18,21H2,1-12H3. The highest BCUT2D eigenvalue weighted by atomic mass is 16.7. The molecule has 41 heavy (non-hydrogen) atoms. The van der Waals surface area contributed by atoms with E-state index in [0.29, 0.717) is 0 Å². The number of ether oxygens (including phenoxy) is 2. The van der Waals surface area contributed by atoms with Crippen molar-refractivity contribution in [3.63, 3.8) is 0 Å². The van der Waals surface area contributed by atoms with Gasteiger partial charge in [-0.05, 0) is 55.0 Å². The molecule has 0 radical (unpaired) electrons. The SMILES string of the molecule is CC(C)(C)c1cc(CC(O)C(=O)OCOC(=O)C(O)Cc2cc(C(C)(C)C)cc(C(C)(C)C)c2)cc(C(C)(C)C)c1. The van der Waals surface area contributed by atoms with E-state index in [1.165, 1.54) is 0 Å². The number of hydrogen-bond donors (Lipinski definition) is 2. The molecule has 0 aliphatic heterocycles. The molecule has 0 bridgehead atoms. The maximum atomic E-state index is 12.5. The van der Waals surface area contributed by atoms with Crippen LogP contribution in [0.1, 0.15) is 116 Å². The van der Waals surface area contributed by atoms with E-state index in [-0.39, 0.29) is 34.5 Å². The van der Waals surface area contributed by atoms with Crippen LogP contribution < -0.4 is 0 Å². The van der Waals surface area contributed by atoms with Crippen LogP contribution >= 0.6 is 0 Å². The Morgan fingerprint density at radius 2 is 0.780 bits per heavy atom. The predicted molar refractivity (Wildman–Crippen MR) is 164 cm³/mol. The normalized spacial score (nSPS) is 14.4. The van der Waals surface area contributed by atoms with Crippen LogP contribution in [0.25, 0.3) is 0 Å². The first-order valence-electron chi connectivity index (χ1n) is 14.5. The van der Waals surface area contributed by atoms with Gasteiger partial charge in [0.05, 0.1) is 0 Å². The molecule has 2 unspecified atom stereocenters. The first kappa shape index (κ1) is 34.5. The Balaban J connectivity index is 2.02. The summed E-state index contributed by atoms with van der Waals surface area (Å²) < 4.78 is 10.1. The van der Waals surface area contributed by atoms with Crippen LogP contribution in [-0.4, -0.2) is 41.2 Å². The number of aliphatic hydroxyl groups is 2. The largest absolute Gasteiger partial charge is 0.426 e. The van der Waals surface area contributed by atoms with Gasteiger partial charge in [0.25, 0.3) is 0 Å². The quantitative estimate of drug-likeness (QED) is 0.282. The number of aliphatic hydroxyl groups excluding tert-OH is 2. The first-order chi connectivity index (χ1) is 18.5. The summed E-state index contributed by atoms with van der Waals surface area (Å²) in [5, 5.41) is 21.1. The Hall–Kier alpha value is -2.70. The van der Waals surface area contributed by atoms with Crippen LogP contribution in [0.3, 0.4) is 0 Å². The van der Waals surface area contributed by atoms with Crippen molar-refractivity contribution in [3.8, 4) is 0 Å². The van der Waals surface area contributed by atoms with Crippen LogP contribution in [-0.2, 0) is 53.6 Å². The molecule has 228 valence electrons. The molecule has 0 heterocycles. The summed E-state index contributed by atoms with van der Waals surface area (Å²) in [7, 11) is 0. The molecule has 2 aromatic rings. The van der Waals surface area contributed by atoms with Crippen LogP contribution in [0.5, 0.6) is 0 Å². The molecule has 2 rings (SSSR count). The molecule has 6 nitrogen and oxygen atoms in total. The number of benzene rings is 2. The van der Waals surface area contributed by atoms with Gasteiger partial charge in [0, 0.05) is 12.8 Å². The van der Waals surface area contributed by atoms with Gasteiger partial charge >= 0.3 is 11.9 Å². The lowest BCUT2D eigenvalue weighted by Crippen LogP contribution is -2.30. The second kappa shape index (κ2) is 12.7. The average molecular weight is 569 g/mol. The number of carbonyl (C=O) groups is 2. The molecular weight excluding hydrogens is 516 g/mol. The number of esters is 2. The molecule has 6 heteroatoms. The first-order valence-corrected chi connectivity index (χ1v) is 14.5. The lowest BCUT2D eigenvalue weighted by Gasteiger charge is -2.26. The molecule has 0 amide bonds. The fourth-order valence-corrected chi connectivity index (χ4v) is 4.30. The Labute approximate surface area is 247 Å². The van der Waals surface area contributed by atoms with Crippen molar-refractivity contribution in [1.82, 2.24) is 0 Å². The van der Waals surface area contributed by atoms with Gasteiger partial charge in [0.15, 0.2) is 12.2 Å². The summed E-state index contributed by atoms with van der Waals surface area (Å²) in [6, 6.07) is 12.3. The topological polar surface area (TPSA) is 93.1 Å². The maximum Gasteiger partial charge on any atom is 0.338 e.